The molecule has 0 spiro atoms. The molecule has 0 fully saturated rings. The summed E-state index contributed by atoms with van der Waals surface area (Å²) in [7, 11) is 1.65. The van der Waals surface area contributed by atoms with E-state index in [0.29, 0.717) is 18.1 Å². The number of nitrogens with zero attached hydrogens (tertiary/aromatic N) is 2. The Hall–Kier alpha value is -4.13. The van der Waals surface area contributed by atoms with Crippen LogP contribution in [0.5, 0.6) is 5.75 Å². The zero-order chi connectivity index (χ0) is 20.9. The average molecular weight is 399 g/mol. The summed E-state index contributed by atoms with van der Waals surface area (Å²) in [5.74, 6) is 1.54. The second-order valence-electron chi connectivity index (χ2n) is 6.68. The highest BCUT2D eigenvalue weighted by atomic mass is 16.5. The van der Waals surface area contributed by atoms with Crippen molar-refractivity contribution in [2.45, 2.75) is 6.54 Å². The summed E-state index contributed by atoms with van der Waals surface area (Å²) in [6.45, 7) is 0.609. The molecule has 0 aliphatic carbocycles. The van der Waals surface area contributed by atoms with Gasteiger partial charge in [0.25, 0.3) is 0 Å². The number of carbonyl (C=O) groups is 1. The zero-order valence-corrected chi connectivity index (χ0v) is 16.4. The molecule has 30 heavy (non-hydrogen) atoms. The van der Waals surface area contributed by atoms with Gasteiger partial charge in [0.1, 0.15) is 11.6 Å². The molecule has 7 heteroatoms. The molecule has 0 atom stereocenters. The lowest BCUT2D eigenvalue weighted by Crippen LogP contribution is -2.10. The number of hydrogen-bond donors (Lipinski definition) is 3. The standard InChI is InChI=1S/C23H21N5O2/c1-30-18-12-6-15(7-13-18)14-25-22-19-4-2-3-5-20(19)27-23(28-22)26-17-10-8-16(9-11-17)21(24)29/h2-13H,14H2,1H3,(H2,24,29)(H2,25,26,27,28). The van der Waals surface area contributed by atoms with Crippen molar-refractivity contribution in [1.82, 2.24) is 9.97 Å². The van der Waals surface area contributed by atoms with Gasteiger partial charge in [0.05, 0.1) is 12.6 Å². The van der Waals surface area contributed by atoms with E-state index in [2.05, 4.69) is 20.6 Å². The molecule has 3 aromatic carbocycles. The minimum absolute atomic E-state index is 0.446. The molecule has 4 N–H and O–H groups in total. The normalized spacial score (nSPS) is 10.6. The minimum atomic E-state index is -0.464. The quantitative estimate of drug-likeness (QED) is 0.433. The number of nitrogens with two attached hydrogens (primary N) is 1. The van der Waals surface area contributed by atoms with Crippen LogP contribution in [0.3, 0.4) is 0 Å². The molecule has 4 rings (SSSR count). The van der Waals surface area contributed by atoms with Gasteiger partial charge >= 0.3 is 0 Å². The van der Waals surface area contributed by atoms with Gasteiger partial charge in [0, 0.05) is 23.2 Å². The molecule has 0 aliphatic rings. The molecular weight excluding hydrogens is 378 g/mol. The van der Waals surface area contributed by atoms with Crippen LogP contribution in [-0.4, -0.2) is 23.0 Å². The Morgan fingerprint density at radius 2 is 1.70 bits per heavy atom. The van der Waals surface area contributed by atoms with E-state index in [1.807, 2.05) is 48.5 Å². The molecule has 150 valence electrons. The van der Waals surface area contributed by atoms with Crippen molar-refractivity contribution >= 4 is 34.3 Å². The van der Waals surface area contributed by atoms with Gasteiger partial charge < -0.3 is 21.1 Å². The summed E-state index contributed by atoms with van der Waals surface area (Å²) >= 11 is 0. The molecule has 0 saturated heterocycles. The van der Waals surface area contributed by atoms with E-state index in [0.717, 1.165) is 33.7 Å². The second kappa shape index (κ2) is 8.48. The third-order valence-corrected chi connectivity index (χ3v) is 4.65. The van der Waals surface area contributed by atoms with E-state index in [9.17, 15) is 4.79 Å². The maximum Gasteiger partial charge on any atom is 0.248 e. The minimum Gasteiger partial charge on any atom is -0.497 e. The molecule has 4 aromatic rings. The highest BCUT2D eigenvalue weighted by Crippen LogP contribution is 2.24. The fraction of sp³-hybridized carbons (Fsp3) is 0.0870. The summed E-state index contributed by atoms with van der Waals surface area (Å²) in [5, 5.41) is 7.51. The Kier molecular flexibility index (Phi) is 5.43. The van der Waals surface area contributed by atoms with Crippen LogP contribution in [0.1, 0.15) is 15.9 Å². The maximum absolute atomic E-state index is 11.2. The first-order valence-electron chi connectivity index (χ1n) is 9.43. The molecular formula is C23H21N5O2. The topological polar surface area (TPSA) is 102 Å². The van der Waals surface area contributed by atoms with Crippen molar-refractivity contribution in [2.75, 3.05) is 17.7 Å². The molecule has 0 unspecified atom stereocenters. The van der Waals surface area contributed by atoms with Crippen molar-refractivity contribution in [3.05, 3.63) is 83.9 Å². The monoisotopic (exact) mass is 399 g/mol. The maximum atomic E-state index is 11.2. The van der Waals surface area contributed by atoms with Gasteiger partial charge in [-0.25, -0.2) is 4.98 Å². The van der Waals surface area contributed by atoms with Gasteiger partial charge in [0.2, 0.25) is 11.9 Å². The summed E-state index contributed by atoms with van der Waals surface area (Å²) in [6.07, 6.45) is 0. The van der Waals surface area contributed by atoms with Crippen LogP contribution in [0, 0.1) is 0 Å². The number of primary amides is 1. The first-order chi connectivity index (χ1) is 14.6. The van der Waals surface area contributed by atoms with Crippen LogP contribution in [0.4, 0.5) is 17.5 Å². The molecule has 0 saturated carbocycles. The number of para-hydroxylation sites is 1. The number of aromatic nitrogens is 2. The number of benzene rings is 3. The van der Waals surface area contributed by atoms with E-state index in [1.165, 1.54) is 0 Å². The van der Waals surface area contributed by atoms with Gasteiger partial charge in [-0.15, -0.1) is 0 Å². The number of fused-ring (bicyclic) bond motifs is 1. The largest absolute Gasteiger partial charge is 0.497 e. The predicted octanol–water partition coefficient (Wildman–Crippen LogP) is 4.09. The second-order valence-corrected chi connectivity index (χ2v) is 6.68. The van der Waals surface area contributed by atoms with Gasteiger partial charge in [-0.1, -0.05) is 24.3 Å². The average Bonchev–Trinajstić information content (AvgIpc) is 2.78. The first kappa shape index (κ1) is 19.2. The third-order valence-electron chi connectivity index (χ3n) is 4.65. The van der Waals surface area contributed by atoms with Crippen LogP contribution >= 0.6 is 0 Å². The van der Waals surface area contributed by atoms with Crippen LogP contribution in [0.2, 0.25) is 0 Å². The number of nitrogens with one attached hydrogen (secondary N) is 2. The zero-order valence-electron chi connectivity index (χ0n) is 16.4. The van der Waals surface area contributed by atoms with E-state index in [4.69, 9.17) is 10.5 Å². The Morgan fingerprint density at radius 1 is 0.967 bits per heavy atom. The van der Waals surface area contributed by atoms with Crippen LogP contribution in [-0.2, 0) is 6.54 Å². The van der Waals surface area contributed by atoms with Crippen molar-refractivity contribution < 1.29 is 9.53 Å². The van der Waals surface area contributed by atoms with Crippen LogP contribution in [0.15, 0.2) is 72.8 Å². The number of rotatable bonds is 7. The van der Waals surface area contributed by atoms with Crippen LogP contribution in [0.25, 0.3) is 10.9 Å². The number of ether oxygens (including phenoxy) is 1. The van der Waals surface area contributed by atoms with Gasteiger partial charge in [0.15, 0.2) is 0 Å². The smallest absolute Gasteiger partial charge is 0.248 e. The molecule has 1 aromatic heterocycles. The third kappa shape index (κ3) is 4.30. The SMILES string of the molecule is COc1ccc(CNc2nc(Nc3ccc(C(N)=O)cc3)nc3ccccc23)cc1. The lowest BCUT2D eigenvalue weighted by molar-refractivity contribution is 0.100. The molecule has 0 bridgehead atoms. The highest BCUT2D eigenvalue weighted by molar-refractivity contribution is 5.93. The van der Waals surface area contributed by atoms with E-state index >= 15 is 0 Å². The fourth-order valence-electron chi connectivity index (χ4n) is 3.04. The van der Waals surface area contributed by atoms with Crippen molar-refractivity contribution in [1.29, 1.82) is 0 Å². The summed E-state index contributed by atoms with van der Waals surface area (Å²) < 4.78 is 5.21. The van der Waals surface area contributed by atoms with Crippen molar-refractivity contribution in [3.63, 3.8) is 0 Å². The van der Waals surface area contributed by atoms with Crippen molar-refractivity contribution in [2.24, 2.45) is 5.73 Å². The number of methoxy groups -OCH3 is 1. The van der Waals surface area contributed by atoms with Gasteiger partial charge in [-0.3, -0.25) is 4.79 Å². The number of amides is 1. The fourth-order valence-corrected chi connectivity index (χ4v) is 3.04. The number of carbonyl (C=O) groups excluding carboxylic acids is 1. The van der Waals surface area contributed by atoms with Gasteiger partial charge in [-0.2, -0.15) is 4.98 Å². The highest BCUT2D eigenvalue weighted by Gasteiger charge is 2.09. The molecule has 0 radical (unpaired) electrons. The first-order valence-corrected chi connectivity index (χ1v) is 9.43. The predicted molar refractivity (Wildman–Crippen MR) is 118 cm³/mol. The Balaban J connectivity index is 1.59. The molecule has 7 nitrogen and oxygen atoms in total. The van der Waals surface area contributed by atoms with E-state index in [-0.39, 0.29) is 0 Å². The molecule has 1 heterocycles. The lowest BCUT2D eigenvalue weighted by Gasteiger charge is -2.12. The van der Waals surface area contributed by atoms with E-state index in [1.54, 1.807) is 31.4 Å². The Morgan fingerprint density at radius 3 is 2.40 bits per heavy atom. The van der Waals surface area contributed by atoms with Crippen LogP contribution < -0.4 is 21.1 Å². The van der Waals surface area contributed by atoms with E-state index < -0.39 is 5.91 Å². The van der Waals surface area contributed by atoms with Crippen molar-refractivity contribution in [3.8, 4) is 5.75 Å². The summed E-state index contributed by atoms with van der Waals surface area (Å²) in [4.78, 5) is 20.5. The summed E-state index contributed by atoms with van der Waals surface area (Å²) in [6, 6.07) is 22.6. The number of anilines is 3. The molecule has 0 aliphatic heterocycles. The lowest BCUT2D eigenvalue weighted by atomic mass is 10.2. The number of hydrogen-bond acceptors (Lipinski definition) is 6. The summed E-state index contributed by atoms with van der Waals surface area (Å²) in [5.41, 5.74) is 8.43. The molecule has 1 amide bonds. The van der Waals surface area contributed by atoms with Gasteiger partial charge in [-0.05, 0) is 54.1 Å². The Bertz CT molecular complexity index is 1170. The Labute approximate surface area is 173 Å².